The minimum atomic E-state index is -3.56. The van der Waals surface area contributed by atoms with Crippen molar-refractivity contribution in [1.29, 1.82) is 0 Å². The molecule has 17 heavy (non-hydrogen) atoms. The Bertz CT molecular complexity index is 617. The Morgan fingerprint density at radius 2 is 1.88 bits per heavy atom. The largest absolute Gasteiger partial charge is 0.280 e. The van der Waals surface area contributed by atoms with Crippen molar-refractivity contribution in [1.82, 2.24) is 9.78 Å². The first kappa shape index (κ1) is 11.7. The summed E-state index contributed by atoms with van der Waals surface area (Å²) in [7, 11) is -1.85. The lowest BCUT2D eigenvalue weighted by atomic mass is 10.3. The van der Waals surface area contributed by atoms with Crippen LogP contribution in [-0.2, 0) is 17.1 Å². The van der Waals surface area contributed by atoms with Crippen molar-refractivity contribution in [2.75, 3.05) is 4.72 Å². The van der Waals surface area contributed by atoms with Crippen molar-refractivity contribution >= 4 is 15.7 Å². The maximum atomic E-state index is 12.1. The number of hydrogen-bond acceptors (Lipinski definition) is 3. The summed E-state index contributed by atoms with van der Waals surface area (Å²) >= 11 is 0. The van der Waals surface area contributed by atoms with Gasteiger partial charge >= 0.3 is 0 Å². The second kappa shape index (κ2) is 4.21. The van der Waals surface area contributed by atoms with Gasteiger partial charge in [-0.15, -0.1) is 0 Å². The molecule has 1 heterocycles. The third-order valence-corrected chi connectivity index (χ3v) is 3.99. The normalized spacial score (nSPS) is 11.4. The fourth-order valence-corrected chi connectivity index (χ4v) is 2.72. The van der Waals surface area contributed by atoms with Gasteiger partial charge in [-0.3, -0.25) is 9.40 Å². The van der Waals surface area contributed by atoms with E-state index in [0.29, 0.717) is 11.4 Å². The van der Waals surface area contributed by atoms with E-state index >= 15 is 0 Å². The maximum Gasteiger partial charge on any atom is 0.265 e. The number of rotatable bonds is 3. The molecule has 0 spiro atoms. The second-order valence-corrected chi connectivity index (χ2v) is 5.34. The topological polar surface area (TPSA) is 64.0 Å². The molecule has 0 bridgehead atoms. The fourth-order valence-electron chi connectivity index (χ4n) is 1.46. The lowest BCUT2D eigenvalue weighted by Gasteiger charge is -2.06. The summed E-state index contributed by atoms with van der Waals surface area (Å²) in [6, 6.07) is 8.77. The molecule has 0 saturated heterocycles. The zero-order valence-corrected chi connectivity index (χ0v) is 10.4. The highest BCUT2D eigenvalue weighted by atomic mass is 32.2. The summed E-state index contributed by atoms with van der Waals surface area (Å²) in [5, 5.41) is 3.92. The summed E-state index contributed by atoms with van der Waals surface area (Å²) in [6.07, 6.45) is 1.35. The molecule has 0 aliphatic rings. The Hall–Kier alpha value is -1.82. The van der Waals surface area contributed by atoms with Gasteiger partial charge in [0.1, 0.15) is 4.90 Å². The van der Waals surface area contributed by atoms with Crippen molar-refractivity contribution in [3.63, 3.8) is 0 Å². The molecule has 90 valence electrons. The number of benzene rings is 1. The molecule has 0 unspecified atom stereocenters. The van der Waals surface area contributed by atoms with Crippen molar-refractivity contribution in [2.24, 2.45) is 7.05 Å². The van der Waals surface area contributed by atoms with Gasteiger partial charge in [-0.1, -0.05) is 18.2 Å². The molecule has 5 nitrogen and oxygen atoms in total. The van der Waals surface area contributed by atoms with Gasteiger partial charge in [0.2, 0.25) is 0 Å². The fraction of sp³-hybridized carbons (Fsp3) is 0.182. The van der Waals surface area contributed by atoms with Crippen molar-refractivity contribution in [3.05, 3.63) is 42.2 Å². The molecule has 0 saturated carbocycles. The van der Waals surface area contributed by atoms with E-state index in [1.807, 2.05) is 6.07 Å². The van der Waals surface area contributed by atoms with Crippen LogP contribution in [0, 0.1) is 6.92 Å². The first-order chi connectivity index (χ1) is 8.00. The molecule has 0 radical (unpaired) electrons. The van der Waals surface area contributed by atoms with E-state index in [0.717, 1.165) is 0 Å². The third-order valence-electron chi connectivity index (χ3n) is 2.51. The molecule has 1 aromatic heterocycles. The predicted molar refractivity (Wildman–Crippen MR) is 65.2 cm³/mol. The second-order valence-electron chi connectivity index (χ2n) is 3.69. The molecule has 2 rings (SSSR count). The Kier molecular flexibility index (Phi) is 2.89. The van der Waals surface area contributed by atoms with E-state index in [1.54, 1.807) is 38.2 Å². The highest BCUT2D eigenvalue weighted by Crippen LogP contribution is 2.17. The number of para-hydroxylation sites is 1. The van der Waals surface area contributed by atoms with E-state index in [2.05, 4.69) is 9.82 Å². The number of anilines is 1. The molecular weight excluding hydrogens is 238 g/mol. The predicted octanol–water partition coefficient (Wildman–Crippen LogP) is 1.53. The van der Waals surface area contributed by atoms with E-state index in [4.69, 9.17) is 0 Å². The summed E-state index contributed by atoms with van der Waals surface area (Å²) in [5.41, 5.74) is 1.14. The first-order valence-corrected chi connectivity index (χ1v) is 6.55. The summed E-state index contributed by atoms with van der Waals surface area (Å²) in [6.45, 7) is 1.71. The van der Waals surface area contributed by atoms with Crippen LogP contribution >= 0.6 is 0 Å². The van der Waals surface area contributed by atoms with Crippen LogP contribution in [0.2, 0.25) is 0 Å². The number of nitrogens with zero attached hydrogens (tertiary/aromatic N) is 2. The molecule has 0 aliphatic carbocycles. The van der Waals surface area contributed by atoms with Crippen molar-refractivity contribution in [2.45, 2.75) is 11.8 Å². The zero-order valence-electron chi connectivity index (χ0n) is 9.58. The molecule has 1 aromatic carbocycles. The number of hydrogen-bond donors (Lipinski definition) is 1. The van der Waals surface area contributed by atoms with E-state index in [9.17, 15) is 8.42 Å². The van der Waals surface area contributed by atoms with Crippen LogP contribution in [0.3, 0.4) is 0 Å². The first-order valence-electron chi connectivity index (χ1n) is 5.07. The lowest BCUT2D eigenvalue weighted by Crippen LogP contribution is -2.13. The zero-order chi connectivity index (χ0) is 12.5. The lowest BCUT2D eigenvalue weighted by molar-refractivity contribution is 0.600. The van der Waals surface area contributed by atoms with Gasteiger partial charge in [0.25, 0.3) is 10.0 Å². The van der Waals surface area contributed by atoms with Gasteiger partial charge in [0, 0.05) is 12.7 Å². The minimum Gasteiger partial charge on any atom is -0.280 e. The highest BCUT2D eigenvalue weighted by Gasteiger charge is 2.19. The smallest absolute Gasteiger partial charge is 0.265 e. The SMILES string of the molecule is Cc1c(S(=O)(=O)Nc2ccccc2)cnn1C. The molecule has 2 aromatic rings. The summed E-state index contributed by atoms with van der Waals surface area (Å²) in [4.78, 5) is 0.198. The van der Waals surface area contributed by atoms with Gasteiger partial charge in [0.15, 0.2) is 0 Å². The number of sulfonamides is 1. The van der Waals surface area contributed by atoms with Crippen LogP contribution in [0.4, 0.5) is 5.69 Å². The Balaban J connectivity index is 2.35. The van der Waals surface area contributed by atoms with Gasteiger partial charge in [-0.25, -0.2) is 8.42 Å². The van der Waals surface area contributed by atoms with Gasteiger partial charge in [-0.05, 0) is 19.1 Å². The van der Waals surface area contributed by atoms with E-state index in [1.165, 1.54) is 10.9 Å². The molecule has 0 fully saturated rings. The molecule has 1 N–H and O–H groups in total. The number of nitrogens with one attached hydrogen (secondary N) is 1. The van der Waals surface area contributed by atoms with Crippen molar-refractivity contribution < 1.29 is 8.42 Å². The summed E-state index contributed by atoms with van der Waals surface area (Å²) < 4.78 is 28.2. The molecule has 0 aliphatic heterocycles. The van der Waals surface area contributed by atoms with Crippen LogP contribution in [0.15, 0.2) is 41.4 Å². The van der Waals surface area contributed by atoms with Gasteiger partial charge in [-0.2, -0.15) is 5.10 Å². The average Bonchev–Trinajstić information content (AvgIpc) is 2.61. The monoisotopic (exact) mass is 251 g/mol. The van der Waals surface area contributed by atoms with E-state index < -0.39 is 10.0 Å². The Morgan fingerprint density at radius 1 is 1.24 bits per heavy atom. The van der Waals surface area contributed by atoms with Crippen molar-refractivity contribution in [3.8, 4) is 0 Å². The van der Waals surface area contributed by atoms with E-state index in [-0.39, 0.29) is 4.90 Å². The molecule has 0 amide bonds. The molecule has 0 atom stereocenters. The van der Waals surface area contributed by atoms with Gasteiger partial charge < -0.3 is 0 Å². The molecule has 6 heteroatoms. The number of aromatic nitrogens is 2. The molecular formula is C11H13N3O2S. The van der Waals surface area contributed by atoms with Gasteiger partial charge in [0.05, 0.1) is 11.9 Å². The van der Waals surface area contributed by atoms with Crippen LogP contribution in [0.5, 0.6) is 0 Å². The highest BCUT2D eigenvalue weighted by molar-refractivity contribution is 7.92. The van der Waals surface area contributed by atoms with Crippen LogP contribution in [0.1, 0.15) is 5.69 Å². The quantitative estimate of drug-likeness (QED) is 0.899. The number of aryl methyl sites for hydroxylation is 1. The van der Waals surface area contributed by atoms with Crippen LogP contribution in [-0.4, -0.2) is 18.2 Å². The summed E-state index contributed by atoms with van der Waals surface area (Å²) in [5.74, 6) is 0. The maximum absolute atomic E-state index is 12.1. The Labute approximate surface area is 100 Å². The van der Waals surface area contributed by atoms with Crippen LogP contribution < -0.4 is 4.72 Å². The third kappa shape index (κ3) is 2.31. The Morgan fingerprint density at radius 3 is 2.41 bits per heavy atom. The standard InChI is InChI=1S/C11H13N3O2S/c1-9-11(8-12-14(9)2)17(15,16)13-10-6-4-3-5-7-10/h3-8,13H,1-2H3. The average molecular weight is 251 g/mol. The minimum absolute atomic E-state index is 0.198. The van der Waals surface area contributed by atoms with Crippen LogP contribution in [0.25, 0.3) is 0 Å².